The molecule has 7 atom stereocenters. The number of hydrogen-bond donors (Lipinski definition) is 7. The molecule has 6 aliphatic rings. The van der Waals surface area contributed by atoms with Crippen LogP contribution in [0.4, 0.5) is 18.4 Å². The first-order chi connectivity index (χ1) is 51.9. The maximum atomic E-state index is 15.8. The summed E-state index contributed by atoms with van der Waals surface area (Å²) in [5.74, 6) is -4.57. The first-order valence-corrected chi connectivity index (χ1v) is 37.3. The number of carbonyl (C=O) groups is 6. The summed E-state index contributed by atoms with van der Waals surface area (Å²) in [5.41, 5.74) is 10.8. The van der Waals surface area contributed by atoms with Crippen molar-refractivity contribution in [2.75, 3.05) is 47.5 Å². The second-order valence-corrected chi connectivity index (χ2v) is 29.7. The first-order valence-electron chi connectivity index (χ1n) is 37.3. The molecule has 6 aromatic carbocycles. The molecule has 0 radical (unpaired) electrons. The van der Waals surface area contributed by atoms with Crippen LogP contribution in [-0.4, -0.2) is 144 Å². The molecule has 2 aromatic heterocycles. The van der Waals surface area contributed by atoms with E-state index in [1.54, 1.807) is 32.0 Å². The number of aliphatic imine (C=N–C) groups is 2. The van der Waals surface area contributed by atoms with Crippen molar-refractivity contribution in [3.8, 4) is 22.3 Å². The van der Waals surface area contributed by atoms with Crippen LogP contribution < -0.4 is 32.1 Å². The molecule has 7 N–H and O–H groups in total. The van der Waals surface area contributed by atoms with Crippen LogP contribution in [0, 0.1) is 35.3 Å². The molecular formula is C84H104F2N10O12S5. The number of carboxylic acids is 1. The summed E-state index contributed by atoms with van der Waals surface area (Å²) >= 11 is 0. The highest BCUT2D eigenvalue weighted by Crippen LogP contribution is 2.38. The number of allylic oxidation sites excluding steroid dienone is 2. The highest BCUT2D eigenvalue weighted by molar-refractivity contribution is 7.60. The molecule has 6 aliphatic heterocycles. The third-order valence-corrected chi connectivity index (χ3v) is 21.7. The number of benzene rings is 6. The fourth-order valence-electron chi connectivity index (χ4n) is 15.6. The van der Waals surface area contributed by atoms with Crippen molar-refractivity contribution >= 4 is 169 Å². The van der Waals surface area contributed by atoms with Gasteiger partial charge in [-0.05, 0) is 197 Å². The molecule has 113 heavy (non-hydrogen) atoms. The summed E-state index contributed by atoms with van der Waals surface area (Å²) in [4.78, 5) is 118. The zero-order valence-electron chi connectivity index (χ0n) is 64.9. The zero-order valence-corrected chi connectivity index (χ0v) is 69.9. The monoisotopic (exact) mass is 1640 g/mol. The average Bonchev–Trinajstić information content (AvgIpc) is 1.51. The van der Waals surface area contributed by atoms with Crippen LogP contribution in [0.15, 0.2) is 141 Å². The molecule has 606 valence electrons. The third kappa shape index (κ3) is 20.4. The van der Waals surface area contributed by atoms with E-state index in [2.05, 4.69) is 96.6 Å². The minimum absolute atomic E-state index is 0. The molecule has 4 fully saturated rings. The van der Waals surface area contributed by atoms with Crippen LogP contribution in [0.3, 0.4) is 0 Å². The highest BCUT2D eigenvalue weighted by atomic mass is 32.1. The number of alkyl carbamates (subject to hydrolysis) is 2. The second kappa shape index (κ2) is 40.4. The molecule has 0 aliphatic carbocycles. The number of esters is 1. The Morgan fingerprint density at radius 2 is 0.894 bits per heavy atom. The van der Waals surface area contributed by atoms with Gasteiger partial charge in [0.2, 0.25) is 22.7 Å². The van der Waals surface area contributed by atoms with E-state index in [0.717, 1.165) is 100 Å². The largest absolute Gasteiger partial charge is 0.481 e. The Balaban J connectivity index is 0.000000279. The summed E-state index contributed by atoms with van der Waals surface area (Å²) in [6, 6.07) is 34.1. The number of carbonyl (C=O) groups excluding carboxylic acids is 5. The van der Waals surface area contributed by atoms with Crippen LogP contribution in [0.2, 0.25) is 0 Å². The number of halogens is 2. The lowest BCUT2D eigenvalue weighted by atomic mass is 9.93. The van der Waals surface area contributed by atoms with Crippen molar-refractivity contribution < 1.29 is 56.9 Å². The molecular weight excluding hydrogens is 1540 g/mol. The average molecular weight is 1640 g/mol. The number of hydrogen-bond acceptors (Lipinski definition) is 15. The maximum absolute atomic E-state index is 15.8. The quantitative estimate of drug-likeness (QED) is 0.0311. The van der Waals surface area contributed by atoms with Gasteiger partial charge in [0.15, 0.2) is 11.6 Å². The molecule has 8 aromatic rings. The number of nitrogens with one attached hydrogen (secondary N) is 6. The zero-order chi connectivity index (χ0) is 76.8. The van der Waals surface area contributed by atoms with E-state index in [9.17, 15) is 42.7 Å². The minimum Gasteiger partial charge on any atom is -0.481 e. The fourth-order valence-corrected chi connectivity index (χ4v) is 15.6. The van der Waals surface area contributed by atoms with Gasteiger partial charge < -0.3 is 60.4 Å². The number of aliphatic carboxylic acids is 1. The molecule has 29 heteroatoms. The standard InChI is InChI=1S/C45H51FN6O7.C31H29FN4O.C8H14O4.5H2S/c1-24(2)38(49-44(56)58-5)42(54)51-17-7-9-35(51)34-22-31(23-47-34)29-14-13-26-19-28(12-11-27(26)20-29)30-15-16-32-33(21-30)48-40(37(46)41(32)53)36-10-8-18-52(36)43(55)39(25(3)4)50-45(57)59-6;32-29-30(26-4-2-12-34-26)36-27-15-22(9-10-24(27)31(29)37)20-6-5-19-14-21(8-7-18(19)13-20)23-16-28(35-17-23)25-3-1-11-33-25;1-5(2)6(8(10)11)4-7(9)12-3;;;;;/h11-16,19-21,23-25,35-36,38-39H,7-10,17-18,22H2,1-6H3,(H,48,53)(H,49,56)(H,50,57);5-10,13-15,17,25-26,33-34H,1-4,11-12,16H2,(H,36,37);5-6H,4H2,1-3H3,(H,10,11);5*1H2/t35-,36?,38-,39-;25-,26?;6-;;;;;/m000...../s1. The van der Waals surface area contributed by atoms with Crippen LogP contribution in [0.5, 0.6) is 0 Å². The first kappa shape index (κ1) is 91.2. The number of pyridine rings is 2. The van der Waals surface area contributed by atoms with E-state index in [1.807, 2.05) is 75.3 Å². The van der Waals surface area contributed by atoms with Crippen molar-refractivity contribution in [1.82, 2.24) is 41.0 Å². The van der Waals surface area contributed by atoms with Gasteiger partial charge in [0.1, 0.15) is 12.1 Å². The van der Waals surface area contributed by atoms with Gasteiger partial charge in [-0.15, -0.1) is 0 Å². The Kier molecular flexibility index (Phi) is 32.6. The minimum atomic E-state index is -0.949. The predicted molar refractivity (Wildman–Crippen MR) is 467 cm³/mol. The summed E-state index contributed by atoms with van der Waals surface area (Å²) in [7, 11) is 3.76. The van der Waals surface area contributed by atoms with Crippen molar-refractivity contribution in [2.45, 2.75) is 148 Å². The molecule has 2 unspecified atom stereocenters. The number of likely N-dealkylation sites (tertiary alicyclic amines) is 2. The van der Waals surface area contributed by atoms with Crippen molar-refractivity contribution in [3.05, 3.63) is 176 Å². The molecule has 0 spiro atoms. The Hall–Kier alpha value is -8.97. The van der Waals surface area contributed by atoms with Crippen LogP contribution in [-0.2, 0) is 33.4 Å². The van der Waals surface area contributed by atoms with Gasteiger partial charge in [0.05, 0.1) is 74.2 Å². The Labute approximate surface area is 690 Å². The van der Waals surface area contributed by atoms with Crippen molar-refractivity contribution in [2.24, 2.45) is 33.7 Å². The third-order valence-electron chi connectivity index (χ3n) is 21.7. The van der Waals surface area contributed by atoms with E-state index < -0.39 is 70.7 Å². The summed E-state index contributed by atoms with van der Waals surface area (Å²) in [6.45, 7) is 13.8. The van der Waals surface area contributed by atoms with Gasteiger partial charge in [-0.2, -0.15) is 67.5 Å². The number of amides is 4. The highest BCUT2D eigenvalue weighted by Gasteiger charge is 2.41. The fraction of sp³-hybridized carbons (Fsp3) is 0.405. The van der Waals surface area contributed by atoms with Gasteiger partial charge in [-0.3, -0.25) is 38.8 Å². The number of aromatic nitrogens is 2. The Morgan fingerprint density at radius 1 is 0.496 bits per heavy atom. The SMILES string of the molecule is COC(=O)C[C@H](C(=O)O)C(C)C.COC(=O)N[C@H](C(=O)N1CCCC1c1[nH]c2cc(-c3ccc4cc(C5=CN=C([C@@H]6CCCN6C(=O)[C@@H](NC(=O)OC)C(C)C)C5)ccc4c3)ccc2c(=O)c1F)C(C)C.O=c1c(F)c(C2CCCN2)[nH]c2cc(-c3ccc4cc(C5=CN=C([C@@H]6CCCN6)C5)ccc4c3)ccc12.S.S.S.S.S. The van der Waals surface area contributed by atoms with Crippen LogP contribution in [0.1, 0.15) is 147 Å². The molecule has 8 heterocycles. The lowest BCUT2D eigenvalue weighted by molar-refractivity contribution is -0.151. The topological polar surface area (TPSA) is 295 Å². The van der Waals surface area contributed by atoms with Gasteiger partial charge in [0.25, 0.3) is 0 Å². The summed E-state index contributed by atoms with van der Waals surface area (Å²) in [6.07, 6.45) is 11.0. The molecule has 4 amide bonds. The number of carboxylic acid groups (broad SMARTS) is 1. The van der Waals surface area contributed by atoms with Crippen molar-refractivity contribution in [3.63, 3.8) is 0 Å². The lowest BCUT2D eigenvalue weighted by Crippen LogP contribution is -2.53. The van der Waals surface area contributed by atoms with E-state index in [4.69, 9.17) is 24.6 Å². The Bertz CT molecular complexity index is 5100. The normalized spacial score (nSPS) is 18.3. The number of ether oxygens (including phenoxy) is 3. The summed E-state index contributed by atoms with van der Waals surface area (Å²) < 4.78 is 44.5. The molecule has 22 nitrogen and oxygen atoms in total. The van der Waals surface area contributed by atoms with Gasteiger partial charge in [0, 0.05) is 66.6 Å². The van der Waals surface area contributed by atoms with E-state index in [-0.39, 0.29) is 127 Å². The van der Waals surface area contributed by atoms with E-state index in [1.165, 1.54) is 61.3 Å². The number of aromatic amines is 2. The maximum Gasteiger partial charge on any atom is 0.407 e. The number of fused-ring (bicyclic) bond motifs is 4. The molecule has 4 saturated heterocycles. The number of nitrogens with zero attached hydrogens (tertiary/aromatic N) is 4. The van der Waals surface area contributed by atoms with E-state index in [0.29, 0.717) is 60.5 Å². The molecule has 0 bridgehead atoms. The lowest BCUT2D eigenvalue weighted by Gasteiger charge is -2.31. The van der Waals surface area contributed by atoms with E-state index >= 15 is 4.39 Å². The number of methoxy groups -OCH3 is 3. The number of rotatable bonds is 18. The smallest absolute Gasteiger partial charge is 0.407 e. The summed E-state index contributed by atoms with van der Waals surface area (Å²) in [5, 5.41) is 25.8. The molecule has 0 saturated carbocycles. The van der Waals surface area contributed by atoms with Crippen LogP contribution >= 0.6 is 67.5 Å². The number of H-pyrrole nitrogens is 2. The molecule has 14 rings (SSSR count). The van der Waals surface area contributed by atoms with Gasteiger partial charge in [-0.1, -0.05) is 102 Å². The van der Waals surface area contributed by atoms with Gasteiger partial charge in [-0.25, -0.2) is 18.4 Å². The van der Waals surface area contributed by atoms with Gasteiger partial charge >= 0.3 is 24.1 Å². The van der Waals surface area contributed by atoms with Crippen LogP contribution in [0.25, 0.3) is 76.8 Å². The van der Waals surface area contributed by atoms with Crippen molar-refractivity contribution in [1.29, 1.82) is 0 Å². The predicted octanol–water partition coefficient (Wildman–Crippen LogP) is 14.4. The Morgan fingerprint density at radius 3 is 1.33 bits per heavy atom. The second-order valence-electron chi connectivity index (χ2n) is 29.7.